The van der Waals surface area contributed by atoms with E-state index >= 15 is 0 Å². The Morgan fingerprint density at radius 3 is 2.88 bits per heavy atom. The van der Waals surface area contributed by atoms with Crippen molar-refractivity contribution in [2.45, 2.75) is 32.1 Å². The van der Waals surface area contributed by atoms with Crippen molar-refractivity contribution in [3.8, 4) is 0 Å². The van der Waals surface area contributed by atoms with Gasteiger partial charge in [0.1, 0.15) is 5.76 Å². The van der Waals surface area contributed by atoms with Crippen LogP contribution in [0.1, 0.15) is 41.4 Å². The highest BCUT2D eigenvalue weighted by Gasteiger charge is 2.28. The number of fused-ring (bicyclic) bond motifs is 1. The van der Waals surface area contributed by atoms with E-state index in [0.29, 0.717) is 5.89 Å². The molecule has 86 valence electrons. The van der Waals surface area contributed by atoms with Crippen LogP contribution in [0, 0.1) is 5.92 Å². The van der Waals surface area contributed by atoms with Gasteiger partial charge in [-0.3, -0.25) is 4.79 Å². The summed E-state index contributed by atoms with van der Waals surface area (Å²) in [6.07, 6.45) is 4.85. The van der Waals surface area contributed by atoms with Gasteiger partial charge in [-0.1, -0.05) is 0 Å². The summed E-state index contributed by atoms with van der Waals surface area (Å²) in [5.74, 6) is 1.52. The van der Waals surface area contributed by atoms with Crippen molar-refractivity contribution in [2.75, 3.05) is 13.1 Å². The molecule has 0 unspecified atom stereocenters. The molecule has 0 aromatic carbocycles. The normalized spacial score (nSPS) is 21.0. The van der Waals surface area contributed by atoms with Gasteiger partial charge in [0.15, 0.2) is 0 Å². The third-order valence-corrected chi connectivity index (χ3v) is 3.52. The van der Waals surface area contributed by atoms with Crippen LogP contribution in [0.15, 0.2) is 4.42 Å². The fourth-order valence-corrected chi connectivity index (χ4v) is 2.55. The molecule has 1 aliphatic heterocycles. The predicted octanol–water partition coefficient (Wildman–Crippen LogP) is 1.35. The Balaban J connectivity index is 1.78. The van der Waals surface area contributed by atoms with Crippen molar-refractivity contribution in [3.05, 3.63) is 17.3 Å². The number of nitrogens with zero attached hydrogens (tertiary/aromatic N) is 1. The molecule has 1 aromatic heterocycles. The second-order valence-corrected chi connectivity index (χ2v) is 4.63. The summed E-state index contributed by atoms with van der Waals surface area (Å²) in [5.41, 5.74) is 1.01. The first-order valence-corrected chi connectivity index (χ1v) is 6.08. The molecular formula is C12H16N2O2. The molecular weight excluding hydrogens is 204 g/mol. The van der Waals surface area contributed by atoms with Crippen molar-refractivity contribution in [2.24, 2.45) is 5.92 Å². The summed E-state index contributed by atoms with van der Waals surface area (Å²) in [6.45, 7) is 1.85. The summed E-state index contributed by atoms with van der Waals surface area (Å²) in [4.78, 5) is 16.5. The maximum absolute atomic E-state index is 12.1. The first kappa shape index (κ1) is 10.0. The number of hydrogen-bond acceptors (Lipinski definition) is 4. The first-order chi connectivity index (χ1) is 7.84. The van der Waals surface area contributed by atoms with Crippen molar-refractivity contribution in [1.29, 1.82) is 0 Å². The van der Waals surface area contributed by atoms with E-state index in [1.54, 1.807) is 0 Å². The number of hydrogen-bond donors (Lipinski definition) is 1. The molecule has 1 saturated heterocycles. The topological polar surface area (TPSA) is 55.1 Å². The quantitative estimate of drug-likeness (QED) is 0.764. The molecule has 0 amide bonds. The van der Waals surface area contributed by atoms with Gasteiger partial charge in [-0.15, -0.1) is 0 Å². The molecule has 1 fully saturated rings. The molecule has 0 radical (unpaired) electrons. The van der Waals surface area contributed by atoms with Crippen LogP contribution in [0.3, 0.4) is 0 Å². The minimum Gasteiger partial charge on any atom is -0.439 e. The lowest BCUT2D eigenvalue weighted by Crippen LogP contribution is -2.32. The molecule has 0 atom stereocenters. The molecule has 2 aliphatic rings. The van der Waals surface area contributed by atoms with E-state index < -0.39 is 0 Å². The molecule has 4 nitrogen and oxygen atoms in total. The van der Waals surface area contributed by atoms with Crippen LogP contribution >= 0.6 is 0 Å². The number of aryl methyl sites for hydroxylation is 2. The Morgan fingerprint density at radius 2 is 2.12 bits per heavy atom. The Labute approximate surface area is 94.4 Å². The maximum Gasteiger partial charge on any atom is 0.263 e. The Kier molecular flexibility index (Phi) is 2.52. The third-order valence-electron chi connectivity index (χ3n) is 3.52. The van der Waals surface area contributed by atoms with Crippen molar-refractivity contribution >= 4 is 5.78 Å². The average molecular weight is 220 g/mol. The molecule has 4 heteroatoms. The van der Waals surface area contributed by atoms with E-state index in [0.717, 1.165) is 56.6 Å². The molecule has 3 rings (SSSR count). The summed E-state index contributed by atoms with van der Waals surface area (Å²) in [7, 11) is 0. The number of nitrogens with one attached hydrogen (secondary N) is 1. The SMILES string of the molecule is O=C(c1nc2c(o1)CCC2)C1CCNCC1. The highest BCUT2D eigenvalue weighted by Crippen LogP contribution is 2.25. The van der Waals surface area contributed by atoms with Gasteiger partial charge in [0.25, 0.3) is 5.89 Å². The lowest BCUT2D eigenvalue weighted by Gasteiger charge is -2.19. The van der Waals surface area contributed by atoms with Crippen LogP contribution in [0.2, 0.25) is 0 Å². The van der Waals surface area contributed by atoms with Crippen LogP contribution in [0.4, 0.5) is 0 Å². The largest absolute Gasteiger partial charge is 0.439 e. The van der Waals surface area contributed by atoms with Gasteiger partial charge in [0.05, 0.1) is 5.69 Å². The van der Waals surface area contributed by atoms with E-state index in [4.69, 9.17) is 4.42 Å². The van der Waals surface area contributed by atoms with Crippen LogP contribution in [-0.4, -0.2) is 23.9 Å². The number of carbonyl (C=O) groups excluding carboxylic acids is 1. The fourth-order valence-electron chi connectivity index (χ4n) is 2.55. The maximum atomic E-state index is 12.1. The van der Waals surface area contributed by atoms with Crippen molar-refractivity contribution in [3.63, 3.8) is 0 Å². The van der Waals surface area contributed by atoms with E-state index in [-0.39, 0.29) is 11.7 Å². The van der Waals surface area contributed by atoms with Crippen LogP contribution in [0.5, 0.6) is 0 Å². The summed E-state index contributed by atoms with van der Waals surface area (Å²) >= 11 is 0. The molecule has 0 spiro atoms. The molecule has 0 saturated carbocycles. The van der Waals surface area contributed by atoms with E-state index in [1.807, 2.05) is 0 Å². The van der Waals surface area contributed by atoms with Crippen molar-refractivity contribution in [1.82, 2.24) is 10.3 Å². The lowest BCUT2D eigenvalue weighted by atomic mass is 9.93. The smallest absolute Gasteiger partial charge is 0.263 e. The van der Waals surface area contributed by atoms with E-state index in [2.05, 4.69) is 10.3 Å². The van der Waals surface area contributed by atoms with Crippen LogP contribution in [-0.2, 0) is 12.8 Å². The zero-order chi connectivity index (χ0) is 11.0. The molecule has 1 aromatic rings. The highest BCUT2D eigenvalue weighted by atomic mass is 16.4. The predicted molar refractivity (Wildman–Crippen MR) is 58.5 cm³/mol. The monoisotopic (exact) mass is 220 g/mol. The second kappa shape index (κ2) is 4.01. The molecule has 1 N–H and O–H groups in total. The molecule has 0 bridgehead atoms. The van der Waals surface area contributed by atoms with Crippen molar-refractivity contribution < 1.29 is 9.21 Å². The van der Waals surface area contributed by atoms with E-state index in [9.17, 15) is 4.79 Å². The van der Waals surface area contributed by atoms with Gasteiger partial charge in [0.2, 0.25) is 5.78 Å². The lowest BCUT2D eigenvalue weighted by molar-refractivity contribution is 0.0857. The number of piperidine rings is 1. The summed E-state index contributed by atoms with van der Waals surface area (Å²) < 4.78 is 5.56. The van der Waals surface area contributed by atoms with Gasteiger partial charge in [-0.25, -0.2) is 4.98 Å². The van der Waals surface area contributed by atoms with Gasteiger partial charge < -0.3 is 9.73 Å². The minimum absolute atomic E-state index is 0.107. The second-order valence-electron chi connectivity index (χ2n) is 4.63. The standard InChI is InChI=1S/C12H16N2O2/c15-11(8-4-6-13-7-5-8)12-14-9-2-1-3-10(9)16-12/h8,13H,1-7H2. The number of carbonyl (C=O) groups is 1. The first-order valence-electron chi connectivity index (χ1n) is 6.08. The van der Waals surface area contributed by atoms with Gasteiger partial charge in [0, 0.05) is 12.3 Å². The molecule has 2 heterocycles. The molecule has 16 heavy (non-hydrogen) atoms. The number of oxazole rings is 1. The number of rotatable bonds is 2. The third kappa shape index (κ3) is 1.67. The number of aromatic nitrogens is 1. The minimum atomic E-state index is 0.107. The zero-order valence-electron chi connectivity index (χ0n) is 9.29. The molecule has 1 aliphatic carbocycles. The Morgan fingerprint density at radius 1 is 1.31 bits per heavy atom. The number of Topliss-reactive ketones (excluding diaryl/α,β-unsaturated/α-hetero) is 1. The summed E-state index contributed by atoms with van der Waals surface area (Å²) in [6, 6.07) is 0. The average Bonchev–Trinajstić information content (AvgIpc) is 2.89. The zero-order valence-corrected chi connectivity index (χ0v) is 9.29. The number of ketones is 1. The Bertz CT molecular complexity index is 384. The highest BCUT2D eigenvalue weighted by molar-refractivity contribution is 5.93. The van der Waals surface area contributed by atoms with E-state index in [1.165, 1.54) is 0 Å². The Hall–Kier alpha value is -1.16. The summed E-state index contributed by atoms with van der Waals surface area (Å²) in [5, 5.41) is 3.26. The van der Waals surface area contributed by atoms with Crippen LogP contribution in [0.25, 0.3) is 0 Å². The van der Waals surface area contributed by atoms with Gasteiger partial charge in [-0.05, 0) is 38.8 Å². The fraction of sp³-hybridized carbons (Fsp3) is 0.667. The van der Waals surface area contributed by atoms with Gasteiger partial charge in [-0.2, -0.15) is 0 Å². The van der Waals surface area contributed by atoms with Gasteiger partial charge >= 0.3 is 0 Å². The van der Waals surface area contributed by atoms with Crippen LogP contribution < -0.4 is 5.32 Å².